The zero-order valence-electron chi connectivity index (χ0n) is 12.0. The van der Waals surface area contributed by atoms with Gasteiger partial charge in [0.25, 0.3) is 0 Å². The predicted octanol–water partition coefficient (Wildman–Crippen LogP) is 2.21. The van der Waals surface area contributed by atoms with Gasteiger partial charge in [0.15, 0.2) is 0 Å². The Kier molecular flexibility index (Phi) is 11.4. The van der Waals surface area contributed by atoms with Gasteiger partial charge in [-0.15, -0.1) is 0 Å². The summed E-state index contributed by atoms with van der Waals surface area (Å²) in [5.74, 6) is -0.371. The highest BCUT2D eigenvalue weighted by atomic mass is 127. The summed E-state index contributed by atoms with van der Waals surface area (Å²) in [5, 5.41) is 0. The first-order valence-corrected chi connectivity index (χ1v) is 8.34. The Hall–Kier alpha value is -0.700. The molecule has 118 valence electrons. The SMILES string of the molecule is O=C(COCCOCCOCCI)OCc1ccccc1. The van der Waals surface area contributed by atoms with Crippen LogP contribution in [0.3, 0.4) is 0 Å². The van der Waals surface area contributed by atoms with Crippen molar-refractivity contribution in [3.8, 4) is 0 Å². The third-order valence-electron chi connectivity index (χ3n) is 2.43. The maximum atomic E-state index is 11.4. The lowest BCUT2D eigenvalue weighted by Gasteiger charge is -2.07. The Morgan fingerprint density at radius 3 is 2.19 bits per heavy atom. The monoisotopic (exact) mass is 408 g/mol. The van der Waals surface area contributed by atoms with Crippen molar-refractivity contribution in [2.45, 2.75) is 6.61 Å². The third-order valence-corrected chi connectivity index (χ3v) is 2.87. The van der Waals surface area contributed by atoms with E-state index in [0.29, 0.717) is 26.4 Å². The number of halogens is 1. The van der Waals surface area contributed by atoms with Gasteiger partial charge in [0.2, 0.25) is 0 Å². The highest BCUT2D eigenvalue weighted by Gasteiger charge is 2.03. The molecule has 0 aliphatic carbocycles. The second-order valence-corrected chi connectivity index (χ2v) is 5.19. The topological polar surface area (TPSA) is 54.0 Å². The van der Waals surface area contributed by atoms with Crippen molar-refractivity contribution in [1.29, 1.82) is 0 Å². The van der Waals surface area contributed by atoms with Gasteiger partial charge < -0.3 is 18.9 Å². The van der Waals surface area contributed by atoms with Crippen LogP contribution >= 0.6 is 22.6 Å². The van der Waals surface area contributed by atoms with Crippen LogP contribution in [0.5, 0.6) is 0 Å². The summed E-state index contributed by atoms with van der Waals surface area (Å²) in [5.41, 5.74) is 0.959. The molecule has 21 heavy (non-hydrogen) atoms. The van der Waals surface area contributed by atoms with Gasteiger partial charge in [-0.25, -0.2) is 4.79 Å². The molecule has 0 N–H and O–H groups in total. The third kappa shape index (κ3) is 10.6. The molecule has 6 heteroatoms. The number of hydrogen-bond acceptors (Lipinski definition) is 5. The molecule has 0 saturated heterocycles. The Morgan fingerprint density at radius 1 is 0.905 bits per heavy atom. The number of alkyl halides is 1. The fourth-order valence-electron chi connectivity index (χ4n) is 1.43. The zero-order chi connectivity index (χ0) is 15.2. The van der Waals surface area contributed by atoms with E-state index < -0.39 is 0 Å². The first-order valence-electron chi connectivity index (χ1n) is 6.81. The lowest BCUT2D eigenvalue weighted by molar-refractivity contribution is -0.150. The Morgan fingerprint density at radius 2 is 1.52 bits per heavy atom. The highest BCUT2D eigenvalue weighted by molar-refractivity contribution is 14.1. The molecule has 0 aliphatic heterocycles. The molecule has 1 rings (SSSR count). The minimum Gasteiger partial charge on any atom is -0.459 e. The van der Waals surface area contributed by atoms with Crippen LogP contribution < -0.4 is 0 Å². The Labute approximate surface area is 139 Å². The molecule has 0 unspecified atom stereocenters. The molecule has 1 aromatic rings. The van der Waals surface area contributed by atoms with Crippen LogP contribution in [0.15, 0.2) is 30.3 Å². The fourth-order valence-corrected chi connectivity index (χ4v) is 1.74. The van der Waals surface area contributed by atoms with E-state index in [4.69, 9.17) is 18.9 Å². The van der Waals surface area contributed by atoms with Gasteiger partial charge in [-0.1, -0.05) is 52.9 Å². The molecule has 1 aromatic carbocycles. The van der Waals surface area contributed by atoms with Gasteiger partial charge in [-0.2, -0.15) is 0 Å². The quantitative estimate of drug-likeness (QED) is 0.230. The predicted molar refractivity (Wildman–Crippen MR) is 87.6 cm³/mol. The van der Waals surface area contributed by atoms with Gasteiger partial charge in [0, 0.05) is 4.43 Å². The Balaban J connectivity index is 1.89. The summed E-state index contributed by atoms with van der Waals surface area (Å²) in [6.07, 6.45) is 0. The van der Waals surface area contributed by atoms with Gasteiger partial charge in [0.1, 0.15) is 13.2 Å². The molecule has 0 spiro atoms. The standard InChI is InChI=1S/C15H21IO5/c16-6-7-18-8-9-19-10-11-20-13-15(17)21-12-14-4-2-1-3-5-14/h1-5H,6-13H2. The summed E-state index contributed by atoms with van der Waals surface area (Å²) in [4.78, 5) is 11.4. The summed E-state index contributed by atoms with van der Waals surface area (Å²) in [7, 11) is 0. The molecule has 0 aliphatic rings. The van der Waals surface area contributed by atoms with Gasteiger partial charge >= 0.3 is 5.97 Å². The lowest BCUT2D eigenvalue weighted by atomic mass is 10.2. The number of rotatable bonds is 12. The van der Waals surface area contributed by atoms with Crippen LogP contribution in [0.2, 0.25) is 0 Å². The van der Waals surface area contributed by atoms with Crippen LogP contribution in [-0.2, 0) is 30.3 Å². The number of ether oxygens (including phenoxy) is 4. The summed E-state index contributed by atoms with van der Waals surface area (Å²) in [6, 6.07) is 9.53. The normalized spacial score (nSPS) is 10.5. The smallest absolute Gasteiger partial charge is 0.332 e. The number of carbonyl (C=O) groups is 1. The van der Waals surface area contributed by atoms with Crippen molar-refractivity contribution in [3.63, 3.8) is 0 Å². The van der Waals surface area contributed by atoms with Crippen molar-refractivity contribution in [2.24, 2.45) is 0 Å². The number of esters is 1. The van der Waals surface area contributed by atoms with Crippen molar-refractivity contribution in [1.82, 2.24) is 0 Å². The largest absolute Gasteiger partial charge is 0.459 e. The van der Waals surface area contributed by atoms with Crippen LogP contribution in [-0.4, -0.2) is 50.0 Å². The molecular formula is C15H21IO5. The summed E-state index contributed by atoms with van der Waals surface area (Å²) < 4.78 is 21.8. The van der Waals surface area contributed by atoms with E-state index in [9.17, 15) is 4.79 Å². The van der Waals surface area contributed by atoms with Crippen molar-refractivity contribution >= 4 is 28.6 Å². The van der Waals surface area contributed by atoms with Crippen LogP contribution in [0, 0.1) is 0 Å². The van der Waals surface area contributed by atoms with E-state index in [1.165, 1.54) is 0 Å². The molecule has 0 bridgehead atoms. The van der Waals surface area contributed by atoms with Crippen LogP contribution in [0.4, 0.5) is 0 Å². The average molecular weight is 408 g/mol. The second kappa shape index (κ2) is 13.0. The fraction of sp³-hybridized carbons (Fsp3) is 0.533. The summed E-state index contributed by atoms with van der Waals surface area (Å²) >= 11 is 2.25. The van der Waals surface area contributed by atoms with E-state index in [1.54, 1.807) is 0 Å². The minimum absolute atomic E-state index is 0.0540. The molecule has 0 amide bonds. The first kappa shape index (κ1) is 18.3. The molecule has 0 saturated carbocycles. The molecular weight excluding hydrogens is 387 g/mol. The number of carbonyl (C=O) groups excluding carboxylic acids is 1. The van der Waals surface area contributed by atoms with E-state index in [2.05, 4.69) is 22.6 Å². The van der Waals surface area contributed by atoms with Crippen molar-refractivity contribution in [2.75, 3.05) is 44.1 Å². The van der Waals surface area contributed by atoms with Crippen LogP contribution in [0.25, 0.3) is 0 Å². The van der Waals surface area contributed by atoms with E-state index >= 15 is 0 Å². The van der Waals surface area contributed by atoms with Gasteiger partial charge in [0.05, 0.1) is 33.0 Å². The van der Waals surface area contributed by atoms with Crippen LogP contribution in [0.1, 0.15) is 5.56 Å². The number of hydrogen-bond donors (Lipinski definition) is 0. The first-order chi connectivity index (χ1) is 10.3. The van der Waals surface area contributed by atoms with Gasteiger partial charge in [-0.3, -0.25) is 0 Å². The van der Waals surface area contributed by atoms with Gasteiger partial charge in [-0.05, 0) is 5.56 Å². The Bertz CT molecular complexity index is 372. The second-order valence-electron chi connectivity index (χ2n) is 4.11. The van der Waals surface area contributed by atoms with Crippen molar-refractivity contribution < 1.29 is 23.7 Å². The van der Waals surface area contributed by atoms with Crippen molar-refractivity contribution in [3.05, 3.63) is 35.9 Å². The number of benzene rings is 1. The lowest BCUT2D eigenvalue weighted by Crippen LogP contribution is -2.16. The molecule has 0 radical (unpaired) electrons. The average Bonchev–Trinajstić information content (AvgIpc) is 2.52. The maximum Gasteiger partial charge on any atom is 0.332 e. The molecule has 0 atom stereocenters. The summed E-state index contributed by atoms with van der Waals surface area (Å²) in [6.45, 7) is 2.90. The zero-order valence-corrected chi connectivity index (χ0v) is 14.1. The molecule has 0 aromatic heterocycles. The highest BCUT2D eigenvalue weighted by Crippen LogP contribution is 2.00. The minimum atomic E-state index is -0.371. The van der Waals surface area contributed by atoms with E-state index in [1.807, 2.05) is 30.3 Å². The molecule has 0 fully saturated rings. The van der Waals surface area contributed by atoms with E-state index in [-0.39, 0.29) is 19.2 Å². The molecule has 5 nitrogen and oxygen atoms in total. The molecule has 0 heterocycles. The maximum absolute atomic E-state index is 11.4. The van der Waals surface area contributed by atoms with E-state index in [0.717, 1.165) is 16.6 Å².